The van der Waals surface area contributed by atoms with Crippen LogP contribution in [0.15, 0.2) is 24.3 Å². The Hall–Kier alpha value is -1.76. The quantitative estimate of drug-likeness (QED) is 0.879. The molecule has 0 spiro atoms. The van der Waals surface area contributed by atoms with E-state index in [1.54, 1.807) is 31.2 Å². The molecule has 1 aliphatic heterocycles. The summed E-state index contributed by atoms with van der Waals surface area (Å²) >= 11 is 0. The van der Waals surface area contributed by atoms with E-state index in [9.17, 15) is 13.2 Å². The van der Waals surface area contributed by atoms with Gasteiger partial charge in [-0.15, -0.1) is 0 Å². The number of nitrogens with one attached hydrogen (secondary N) is 2. The van der Waals surface area contributed by atoms with E-state index in [-0.39, 0.29) is 23.2 Å². The molecule has 1 aromatic rings. The summed E-state index contributed by atoms with van der Waals surface area (Å²) in [5.41, 5.74) is 1.17. The molecule has 1 saturated heterocycles. The lowest BCUT2D eigenvalue weighted by atomic mass is 10.1. The Balaban J connectivity index is 2.02. The van der Waals surface area contributed by atoms with Crippen LogP contribution in [0.5, 0.6) is 0 Å². The first-order valence-electron chi connectivity index (χ1n) is 7.77. The highest BCUT2D eigenvalue weighted by atomic mass is 32.2. The van der Waals surface area contributed by atoms with Gasteiger partial charge < -0.3 is 10.6 Å². The number of hydrogen-bond donors (Lipinski definition) is 2. The lowest BCUT2D eigenvalue weighted by Gasteiger charge is -2.24. The number of anilines is 2. The topological polar surface area (TPSA) is 78.5 Å². The molecule has 7 heteroatoms. The molecule has 0 radical (unpaired) electrons. The van der Waals surface area contributed by atoms with Gasteiger partial charge in [0.15, 0.2) is 0 Å². The van der Waals surface area contributed by atoms with E-state index >= 15 is 0 Å². The number of carbonyl (C=O) groups excluding carboxylic acids is 1. The molecule has 128 valence electrons. The smallest absolute Gasteiger partial charge is 0.242 e. The van der Waals surface area contributed by atoms with Crippen molar-refractivity contribution in [2.45, 2.75) is 45.7 Å². The molecule has 1 amide bonds. The van der Waals surface area contributed by atoms with E-state index in [0.29, 0.717) is 18.7 Å². The second kappa shape index (κ2) is 6.39. The van der Waals surface area contributed by atoms with E-state index in [2.05, 4.69) is 10.6 Å². The van der Waals surface area contributed by atoms with Crippen LogP contribution in [-0.4, -0.2) is 38.2 Å². The second-order valence-electron chi connectivity index (χ2n) is 6.89. The summed E-state index contributed by atoms with van der Waals surface area (Å²) in [6.45, 7) is 8.12. The molecule has 1 aromatic carbocycles. The van der Waals surface area contributed by atoms with E-state index < -0.39 is 10.0 Å². The second-order valence-corrected chi connectivity index (χ2v) is 8.91. The molecule has 2 rings (SSSR count). The fraction of sp³-hybridized carbons (Fsp3) is 0.562. The van der Waals surface area contributed by atoms with Gasteiger partial charge in [-0.25, -0.2) is 8.42 Å². The Morgan fingerprint density at radius 1 is 1.22 bits per heavy atom. The van der Waals surface area contributed by atoms with Crippen LogP contribution in [0.1, 0.15) is 34.1 Å². The van der Waals surface area contributed by atoms with Gasteiger partial charge in [0.2, 0.25) is 15.9 Å². The third kappa shape index (κ3) is 4.60. The largest absolute Gasteiger partial charge is 0.374 e. The maximum atomic E-state index is 12.1. The Labute approximate surface area is 138 Å². The average molecular weight is 339 g/mol. The van der Waals surface area contributed by atoms with Gasteiger partial charge in [0, 0.05) is 17.8 Å². The van der Waals surface area contributed by atoms with Crippen LogP contribution in [-0.2, 0) is 14.8 Å². The van der Waals surface area contributed by atoms with Crippen LogP contribution in [0.4, 0.5) is 11.4 Å². The summed E-state index contributed by atoms with van der Waals surface area (Å²) in [4.78, 5) is 12.1. The minimum absolute atomic E-state index is 0.0799. The molecule has 0 aliphatic carbocycles. The Bertz CT molecular complexity index is 663. The van der Waals surface area contributed by atoms with Crippen LogP contribution in [0.25, 0.3) is 0 Å². The Morgan fingerprint density at radius 3 is 2.30 bits per heavy atom. The van der Waals surface area contributed by atoms with Crippen molar-refractivity contribution in [3.05, 3.63) is 24.3 Å². The summed E-state index contributed by atoms with van der Waals surface area (Å²) in [7, 11) is -3.16. The molecule has 2 N–H and O–H groups in total. The fourth-order valence-electron chi connectivity index (χ4n) is 2.45. The predicted octanol–water partition coefficient (Wildman–Crippen LogP) is 1.94. The molecular weight excluding hydrogens is 314 g/mol. The van der Waals surface area contributed by atoms with Crippen molar-refractivity contribution in [3.63, 3.8) is 0 Å². The van der Waals surface area contributed by atoms with Gasteiger partial charge >= 0.3 is 0 Å². The summed E-state index contributed by atoms with van der Waals surface area (Å²) in [6, 6.07) is 6.74. The molecule has 0 bridgehead atoms. The highest BCUT2D eigenvalue weighted by Gasteiger charge is 2.28. The maximum absolute atomic E-state index is 12.1. The van der Waals surface area contributed by atoms with Crippen molar-refractivity contribution in [2.24, 2.45) is 0 Å². The number of sulfonamides is 1. The summed E-state index contributed by atoms with van der Waals surface area (Å²) in [6.07, 6.45) is 0.659. The molecule has 0 saturated carbocycles. The van der Waals surface area contributed by atoms with Crippen LogP contribution in [0.3, 0.4) is 0 Å². The minimum Gasteiger partial charge on any atom is -0.374 e. The van der Waals surface area contributed by atoms with Gasteiger partial charge in [-0.3, -0.25) is 9.10 Å². The van der Waals surface area contributed by atoms with Crippen molar-refractivity contribution in [2.75, 3.05) is 21.9 Å². The first-order chi connectivity index (χ1) is 10.6. The molecular formula is C16H25N3O3S. The van der Waals surface area contributed by atoms with Crippen LogP contribution >= 0.6 is 0 Å². The normalized spacial score (nSPS) is 18.5. The van der Waals surface area contributed by atoms with E-state index in [0.717, 1.165) is 5.69 Å². The lowest BCUT2D eigenvalue weighted by Crippen LogP contribution is -2.47. The summed E-state index contributed by atoms with van der Waals surface area (Å²) in [5, 5.41) is 6.04. The first-order valence-corrected chi connectivity index (χ1v) is 9.38. The molecule has 0 aromatic heterocycles. The van der Waals surface area contributed by atoms with Gasteiger partial charge in [0.1, 0.15) is 6.04 Å². The maximum Gasteiger partial charge on any atom is 0.242 e. The van der Waals surface area contributed by atoms with Crippen LogP contribution in [0.2, 0.25) is 0 Å². The number of rotatable bonds is 4. The molecule has 6 nitrogen and oxygen atoms in total. The number of hydrogen-bond acceptors (Lipinski definition) is 4. The summed E-state index contributed by atoms with van der Waals surface area (Å²) in [5.74, 6) is 0.125. The van der Waals surface area contributed by atoms with Gasteiger partial charge in [-0.05, 0) is 58.4 Å². The van der Waals surface area contributed by atoms with Crippen molar-refractivity contribution in [1.29, 1.82) is 0 Å². The lowest BCUT2D eigenvalue weighted by molar-refractivity contribution is -0.122. The van der Waals surface area contributed by atoms with Gasteiger partial charge in [0.25, 0.3) is 0 Å². The van der Waals surface area contributed by atoms with Crippen LogP contribution in [0, 0.1) is 0 Å². The molecule has 23 heavy (non-hydrogen) atoms. The highest BCUT2D eigenvalue weighted by molar-refractivity contribution is 7.93. The molecule has 1 atom stereocenters. The predicted molar refractivity (Wildman–Crippen MR) is 93.2 cm³/mol. The van der Waals surface area contributed by atoms with Crippen molar-refractivity contribution >= 4 is 27.3 Å². The van der Waals surface area contributed by atoms with E-state index in [1.807, 2.05) is 20.8 Å². The first kappa shape index (κ1) is 17.6. The van der Waals surface area contributed by atoms with Crippen molar-refractivity contribution < 1.29 is 13.2 Å². The SMILES string of the molecule is CC(Nc1ccc(N2CCCS2(=O)=O)cc1)C(=O)NC(C)(C)C. The highest BCUT2D eigenvalue weighted by Crippen LogP contribution is 2.25. The van der Waals surface area contributed by atoms with Crippen LogP contribution < -0.4 is 14.9 Å². The van der Waals surface area contributed by atoms with E-state index in [4.69, 9.17) is 0 Å². The zero-order valence-electron chi connectivity index (χ0n) is 14.1. The number of carbonyl (C=O) groups is 1. The Kier molecular flexibility index (Phi) is 4.89. The number of benzene rings is 1. The van der Waals surface area contributed by atoms with Gasteiger partial charge in [0.05, 0.1) is 11.4 Å². The number of amides is 1. The number of nitrogens with zero attached hydrogens (tertiary/aromatic N) is 1. The van der Waals surface area contributed by atoms with Crippen molar-refractivity contribution in [1.82, 2.24) is 5.32 Å². The Morgan fingerprint density at radius 2 is 1.83 bits per heavy atom. The summed E-state index contributed by atoms with van der Waals surface area (Å²) < 4.78 is 25.2. The zero-order chi connectivity index (χ0) is 17.3. The third-order valence-electron chi connectivity index (χ3n) is 3.53. The third-order valence-corrected chi connectivity index (χ3v) is 5.40. The van der Waals surface area contributed by atoms with Gasteiger partial charge in [-0.2, -0.15) is 0 Å². The molecule has 1 fully saturated rings. The zero-order valence-corrected chi connectivity index (χ0v) is 14.9. The standard InChI is InChI=1S/C16H25N3O3S/c1-12(15(20)18-16(2,3)4)17-13-6-8-14(9-7-13)19-10-5-11-23(19,21)22/h6-9,12,17H,5,10-11H2,1-4H3,(H,18,20). The molecule has 1 unspecified atom stereocenters. The van der Waals surface area contributed by atoms with E-state index in [1.165, 1.54) is 4.31 Å². The minimum atomic E-state index is -3.16. The van der Waals surface area contributed by atoms with Crippen molar-refractivity contribution in [3.8, 4) is 0 Å². The fourth-order valence-corrected chi connectivity index (χ4v) is 4.01. The van der Waals surface area contributed by atoms with Gasteiger partial charge in [-0.1, -0.05) is 0 Å². The average Bonchev–Trinajstić information content (AvgIpc) is 2.77. The monoisotopic (exact) mass is 339 g/mol. The molecule has 1 heterocycles. The molecule has 1 aliphatic rings.